The molecule has 1 unspecified atom stereocenters. The van der Waals surface area contributed by atoms with Crippen molar-refractivity contribution in [3.05, 3.63) is 11.2 Å². The topological polar surface area (TPSA) is 105 Å². The molecule has 1 rings (SSSR count). The van der Waals surface area contributed by atoms with Gasteiger partial charge in [-0.15, -0.1) is 0 Å². The minimum atomic E-state index is -1.92. The highest BCUT2D eigenvalue weighted by atomic mass is 35.5. The predicted octanol–water partition coefficient (Wildman–Crippen LogP) is 0.386. The first-order valence-electron chi connectivity index (χ1n) is 4.63. The number of nitrogens with zero attached hydrogens (tertiary/aromatic N) is 2. The number of hydrogen-bond donors (Lipinski definition) is 3. The Labute approximate surface area is 102 Å². The summed E-state index contributed by atoms with van der Waals surface area (Å²) in [6, 6.07) is 0.0897. The van der Waals surface area contributed by atoms with Crippen LogP contribution in [0.1, 0.15) is 6.92 Å². The second-order valence-corrected chi connectivity index (χ2v) is 3.89. The van der Waals surface area contributed by atoms with Gasteiger partial charge in [-0.05, 0) is 6.92 Å². The molecule has 0 saturated heterocycles. The molecule has 0 fully saturated rings. The Hall–Kier alpha value is -1.60. The number of ether oxygens (including phenoxy) is 1. The molecule has 0 saturated carbocycles. The lowest BCUT2D eigenvalue weighted by atomic mass is 10.1. The molecule has 7 nitrogen and oxygen atoms in total. The minimum absolute atomic E-state index is 0.0897. The highest BCUT2D eigenvalue weighted by Crippen LogP contribution is 2.20. The first-order valence-corrected chi connectivity index (χ1v) is 5.01. The van der Waals surface area contributed by atoms with Crippen molar-refractivity contribution in [3.63, 3.8) is 0 Å². The van der Waals surface area contributed by atoms with E-state index in [2.05, 4.69) is 15.3 Å². The number of halogens is 1. The van der Waals surface area contributed by atoms with Gasteiger partial charge in [0.15, 0.2) is 11.4 Å². The number of aliphatic hydroxyl groups is 1. The van der Waals surface area contributed by atoms with Crippen molar-refractivity contribution in [2.45, 2.75) is 12.5 Å². The van der Waals surface area contributed by atoms with E-state index in [4.69, 9.17) is 21.4 Å². The summed E-state index contributed by atoms with van der Waals surface area (Å²) in [5.74, 6) is -1.15. The normalized spacial score (nSPS) is 13.9. The summed E-state index contributed by atoms with van der Waals surface area (Å²) < 4.78 is 4.79. The number of methoxy groups -OCH3 is 1. The second kappa shape index (κ2) is 5.15. The molecule has 0 aliphatic heterocycles. The van der Waals surface area contributed by atoms with E-state index in [9.17, 15) is 9.90 Å². The van der Waals surface area contributed by atoms with Gasteiger partial charge < -0.3 is 20.3 Å². The molecule has 3 N–H and O–H groups in total. The number of hydrogen-bond acceptors (Lipinski definition) is 6. The highest BCUT2D eigenvalue weighted by Gasteiger charge is 2.29. The maximum absolute atomic E-state index is 10.7. The van der Waals surface area contributed by atoms with Gasteiger partial charge in [0.1, 0.15) is 5.02 Å². The molecule has 1 aromatic rings. The third-order valence-corrected chi connectivity index (χ3v) is 2.24. The lowest BCUT2D eigenvalue weighted by Crippen LogP contribution is -2.42. The summed E-state index contributed by atoms with van der Waals surface area (Å²) >= 11 is 5.79. The van der Waals surface area contributed by atoms with Crippen LogP contribution in [0.4, 0.5) is 5.82 Å². The van der Waals surface area contributed by atoms with Gasteiger partial charge in [-0.1, -0.05) is 11.6 Å². The number of aromatic nitrogens is 2. The Kier molecular flexibility index (Phi) is 4.08. The molecular formula is C9H12ClN3O4. The molecule has 8 heteroatoms. The third kappa shape index (κ3) is 3.43. The smallest absolute Gasteiger partial charge is 0.337 e. The molecule has 1 heterocycles. The number of carboxylic acids is 1. The van der Waals surface area contributed by atoms with Crippen LogP contribution in [-0.4, -0.2) is 45.4 Å². The van der Waals surface area contributed by atoms with E-state index in [0.29, 0.717) is 0 Å². The summed E-state index contributed by atoms with van der Waals surface area (Å²) in [6.45, 7) is 0.914. The Morgan fingerprint density at radius 1 is 1.71 bits per heavy atom. The van der Waals surface area contributed by atoms with Crippen LogP contribution in [0.15, 0.2) is 6.20 Å². The molecule has 0 amide bonds. The lowest BCUT2D eigenvalue weighted by molar-refractivity contribution is -0.155. The number of carboxylic acid groups (broad SMARTS) is 1. The van der Waals surface area contributed by atoms with Gasteiger partial charge in [-0.3, -0.25) is 0 Å². The third-order valence-electron chi connectivity index (χ3n) is 1.97. The van der Waals surface area contributed by atoms with Gasteiger partial charge in [-0.25, -0.2) is 9.78 Å². The maximum atomic E-state index is 10.7. The van der Waals surface area contributed by atoms with Gasteiger partial charge in [-0.2, -0.15) is 4.98 Å². The Bertz CT molecular complexity index is 425. The Morgan fingerprint density at radius 2 is 2.35 bits per heavy atom. The summed E-state index contributed by atoms with van der Waals surface area (Å²) in [4.78, 5) is 18.3. The summed E-state index contributed by atoms with van der Waals surface area (Å²) in [7, 11) is 1.39. The Morgan fingerprint density at radius 3 is 2.88 bits per heavy atom. The fraction of sp³-hybridized carbons (Fsp3) is 0.444. The van der Waals surface area contributed by atoms with Crippen LogP contribution < -0.4 is 10.1 Å². The SMILES string of the molecule is COc1ncc(Cl)c(NCC(C)(O)C(=O)O)n1. The summed E-state index contributed by atoms with van der Waals surface area (Å²) in [5, 5.41) is 21.0. The van der Waals surface area contributed by atoms with E-state index < -0.39 is 11.6 Å². The largest absolute Gasteiger partial charge is 0.479 e. The van der Waals surface area contributed by atoms with Gasteiger partial charge in [0, 0.05) is 0 Å². The van der Waals surface area contributed by atoms with Crippen molar-refractivity contribution >= 4 is 23.4 Å². The zero-order valence-corrected chi connectivity index (χ0v) is 10.0. The van der Waals surface area contributed by atoms with Crippen molar-refractivity contribution < 1.29 is 19.7 Å². The molecule has 0 radical (unpaired) electrons. The monoisotopic (exact) mass is 261 g/mol. The van der Waals surface area contributed by atoms with Gasteiger partial charge in [0.2, 0.25) is 0 Å². The summed E-state index contributed by atoms with van der Waals surface area (Å²) in [6.07, 6.45) is 1.31. The predicted molar refractivity (Wildman–Crippen MR) is 60.3 cm³/mol. The standard InChI is InChI=1S/C9H12ClN3O4/c1-9(16,7(14)15)4-12-6-5(10)3-11-8(13-6)17-2/h3,16H,4H2,1-2H3,(H,14,15)(H,11,12,13). The van der Waals surface area contributed by atoms with Gasteiger partial charge >= 0.3 is 12.0 Å². The number of anilines is 1. The first-order chi connectivity index (χ1) is 7.86. The molecule has 1 atom stereocenters. The van der Waals surface area contributed by atoms with Crippen LogP contribution in [-0.2, 0) is 4.79 Å². The van der Waals surface area contributed by atoms with Gasteiger partial charge in [0.25, 0.3) is 0 Å². The highest BCUT2D eigenvalue weighted by molar-refractivity contribution is 6.32. The van der Waals surface area contributed by atoms with E-state index in [1.165, 1.54) is 13.3 Å². The Balaban J connectivity index is 2.78. The zero-order chi connectivity index (χ0) is 13.1. The maximum Gasteiger partial charge on any atom is 0.337 e. The minimum Gasteiger partial charge on any atom is -0.479 e. The summed E-state index contributed by atoms with van der Waals surface area (Å²) in [5.41, 5.74) is -1.92. The molecule has 1 aromatic heterocycles. The van der Waals surface area contributed by atoms with E-state index in [1.54, 1.807) is 0 Å². The lowest BCUT2D eigenvalue weighted by Gasteiger charge is -2.19. The number of carbonyl (C=O) groups is 1. The molecule has 0 spiro atoms. The van der Waals surface area contributed by atoms with E-state index in [-0.39, 0.29) is 23.4 Å². The van der Waals surface area contributed by atoms with Crippen LogP contribution >= 0.6 is 11.6 Å². The van der Waals surface area contributed by atoms with E-state index in [1.807, 2.05) is 0 Å². The van der Waals surface area contributed by atoms with Crippen molar-refractivity contribution in [3.8, 4) is 6.01 Å². The quantitative estimate of drug-likeness (QED) is 0.704. The average Bonchev–Trinajstić information content (AvgIpc) is 2.28. The second-order valence-electron chi connectivity index (χ2n) is 3.49. The zero-order valence-electron chi connectivity index (χ0n) is 9.27. The fourth-order valence-electron chi connectivity index (χ4n) is 0.905. The van der Waals surface area contributed by atoms with E-state index in [0.717, 1.165) is 6.92 Å². The fourth-order valence-corrected chi connectivity index (χ4v) is 1.06. The van der Waals surface area contributed by atoms with Crippen molar-refractivity contribution in [2.24, 2.45) is 0 Å². The van der Waals surface area contributed by atoms with Crippen LogP contribution in [0.25, 0.3) is 0 Å². The van der Waals surface area contributed by atoms with Crippen LogP contribution in [0, 0.1) is 0 Å². The molecule has 0 aromatic carbocycles. The molecule has 94 valence electrons. The molecule has 0 aliphatic rings. The van der Waals surface area contributed by atoms with E-state index >= 15 is 0 Å². The number of nitrogens with one attached hydrogen (secondary N) is 1. The molecule has 17 heavy (non-hydrogen) atoms. The molecular weight excluding hydrogens is 250 g/mol. The van der Waals surface area contributed by atoms with Crippen LogP contribution in [0.3, 0.4) is 0 Å². The first kappa shape index (κ1) is 13.5. The molecule has 0 bridgehead atoms. The number of aliphatic carboxylic acids is 1. The van der Waals surface area contributed by atoms with Crippen molar-refractivity contribution in [1.82, 2.24) is 9.97 Å². The van der Waals surface area contributed by atoms with Gasteiger partial charge in [0.05, 0.1) is 19.9 Å². The van der Waals surface area contributed by atoms with Crippen molar-refractivity contribution in [1.29, 1.82) is 0 Å². The number of rotatable bonds is 5. The van der Waals surface area contributed by atoms with Crippen molar-refractivity contribution in [2.75, 3.05) is 19.0 Å². The van der Waals surface area contributed by atoms with Crippen LogP contribution in [0.2, 0.25) is 5.02 Å². The molecule has 0 aliphatic carbocycles. The average molecular weight is 262 g/mol. The van der Waals surface area contributed by atoms with Crippen LogP contribution in [0.5, 0.6) is 6.01 Å².